The Morgan fingerprint density at radius 2 is 1.56 bits per heavy atom. The van der Waals surface area contributed by atoms with Gasteiger partial charge in [-0.3, -0.25) is 4.18 Å². The lowest BCUT2D eigenvalue weighted by Crippen LogP contribution is -2.35. The van der Waals surface area contributed by atoms with Gasteiger partial charge in [0.05, 0.1) is 19.8 Å². The topological polar surface area (TPSA) is 61.8 Å². The fourth-order valence-corrected chi connectivity index (χ4v) is 6.61. The molecule has 1 aliphatic heterocycles. The smallest absolute Gasteiger partial charge is 0.297 e. The van der Waals surface area contributed by atoms with Gasteiger partial charge in [-0.15, -0.1) is 11.8 Å². The van der Waals surface area contributed by atoms with Gasteiger partial charge in [0.25, 0.3) is 10.1 Å². The molecule has 1 atom stereocenters. The third kappa shape index (κ3) is 6.73. The van der Waals surface area contributed by atoms with Gasteiger partial charge in [-0.1, -0.05) is 65.8 Å². The Morgan fingerprint density at radius 1 is 0.944 bits per heavy atom. The van der Waals surface area contributed by atoms with E-state index in [4.69, 9.17) is 13.7 Å². The highest BCUT2D eigenvalue weighted by atomic mass is 32.2. The normalized spacial score (nSPS) is 19.3. The number of ether oxygens (including phenoxy) is 2. The lowest BCUT2D eigenvalue weighted by Gasteiger charge is -2.32. The molecule has 1 saturated heterocycles. The van der Waals surface area contributed by atoms with E-state index in [-0.39, 0.29) is 18.4 Å². The molecule has 36 heavy (non-hydrogen) atoms. The van der Waals surface area contributed by atoms with Crippen LogP contribution < -0.4 is 0 Å². The molecule has 1 heterocycles. The Labute approximate surface area is 222 Å². The fraction of sp³-hybridized carbons (Fsp3) is 0.586. The number of hydrogen-bond acceptors (Lipinski definition) is 6. The van der Waals surface area contributed by atoms with E-state index in [9.17, 15) is 8.42 Å². The van der Waals surface area contributed by atoms with Gasteiger partial charge in [-0.05, 0) is 64.8 Å². The van der Waals surface area contributed by atoms with Gasteiger partial charge >= 0.3 is 0 Å². The molecular formula is C29H42O5S2. The van der Waals surface area contributed by atoms with Crippen LogP contribution in [0.5, 0.6) is 0 Å². The average molecular weight is 535 g/mol. The van der Waals surface area contributed by atoms with Crippen molar-refractivity contribution in [2.75, 3.05) is 32.7 Å². The minimum Gasteiger partial charge on any atom is -0.378 e. The van der Waals surface area contributed by atoms with Gasteiger partial charge in [-0.25, -0.2) is 0 Å². The Kier molecular flexibility index (Phi) is 10.1. The molecule has 0 saturated carbocycles. The zero-order valence-electron chi connectivity index (χ0n) is 22.8. The van der Waals surface area contributed by atoms with Crippen LogP contribution in [0.2, 0.25) is 0 Å². The maximum atomic E-state index is 13.7. The highest BCUT2D eigenvalue weighted by Crippen LogP contribution is 2.37. The first-order chi connectivity index (χ1) is 17.0. The van der Waals surface area contributed by atoms with Crippen molar-refractivity contribution < 1.29 is 22.1 Å². The third-order valence-corrected chi connectivity index (χ3v) is 9.03. The lowest BCUT2D eigenvalue weighted by molar-refractivity contribution is -0.0848. The number of hydrogen-bond donors (Lipinski definition) is 0. The Bertz CT molecular complexity index is 1070. The molecule has 2 aromatic rings. The van der Waals surface area contributed by atoms with Crippen LogP contribution in [0.4, 0.5) is 0 Å². The fourth-order valence-electron chi connectivity index (χ4n) is 4.61. The summed E-state index contributed by atoms with van der Waals surface area (Å²) >= 11 is 1.68. The first kappa shape index (κ1) is 29.2. The van der Waals surface area contributed by atoms with Crippen molar-refractivity contribution in [3.05, 3.63) is 58.7 Å². The molecule has 0 amide bonds. The van der Waals surface area contributed by atoms with Gasteiger partial charge in [0.15, 0.2) is 0 Å². The van der Waals surface area contributed by atoms with E-state index in [0.717, 1.165) is 33.6 Å². The zero-order valence-corrected chi connectivity index (χ0v) is 24.4. The van der Waals surface area contributed by atoms with Crippen LogP contribution in [0.25, 0.3) is 0 Å². The summed E-state index contributed by atoms with van der Waals surface area (Å²) < 4.78 is 45.4. The van der Waals surface area contributed by atoms with Crippen molar-refractivity contribution in [2.45, 2.75) is 87.5 Å². The molecule has 1 aliphatic rings. The predicted molar refractivity (Wildman–Crippen MR) is 148 cm³/mol. The minimum absolute atomic E-state index is 0.0109. The van der Waals surface area contributed by atoms with E-state index in [1.165, 1.54) is 0 Å². The second-order valence-corrected chi connectivity index (χ2v) is 12.9. The summed E-state index contributed by atoms with van der Waals surface area (Å²) in [5.74, 6) is 0.409. The second kappa shape index (κ2) is 12.4. The van der Waals surface area contributed by atoms with Gasteiger partial charge < -0.3 is 9.47 Å². The van der Waals surface area contributed by atoms with Gasteiger partial charge in [0, 0.05) is 17.9 Å². The number of rotatable bonds is 10. The van der Waals surface area contributed by atoms with Crippen molar-refractivity contribution >= 4 is 21.9 Å². The molecule has 0 aliphatic carbocycles. The van der Waals surface area contributed by atoms with E-state index in [1.807, 2.05) is 58.2 Å². The molecule has 200 valence electrons. The number of benzene rings is 2. The van der Waals surface area contributed by atoms with Gasteiger partial charge in [-0.2, -0.15) is 8.42 Å². The lowest BCUT2D eigenvalue weighted by atomic mass is 9.89. The Morgan fingerprint density at radius 3 is 2.08 bits per heavy atom. The summed E-state index contributed by atoms with van der Waals surface area (Å²) in [6, 6.07) is 12.3. The van der Waals surface area contributed by atoms with E-state index >= 15 is 0 Å². The van der Waals surface area contributed by atoms with Crippen molar-refractivity contribution in [2.24, 2.45) is 0 Å². The summed E-state index contributed by atoms with van der Waals surface area (Å²) in [6.45, 7) is 14.0. The maximum absolute atomic E-state index is 13.7. The van der Waals surface area contributed by atoms with Gasteiger partial charge in [0.1, 0.15) is 10.5 Å². The maximum Gasteiger partial charge on any atom is 0.297 e. The van der Waals surface area contributed by atoms with E-state index in [0.29, 0.717) is 37.1 Å². The van der Waals surface area contributed by atoms with Crippen LogP contribution in [-0.2, 0) is 29.4 Å². The zero-order chi connectivity index (χ0) is 26.5. The molecule has 0 N–H and O–H groups in total. The first-order valence-corrected chi connectivity index (χ1v) is 15.6. The Hall–Kier alpha value is -1.38. The molecule has 2 aromatic carbocycles. The molecule has 1 unspecified atom stereocenters. The summed E-state index contributed by atoms with van der Waals surface area (Å²) in [6.07, 6.45) is 3.23. The second-order valence-electron chi connectivity index (χ2n) is 10.5. The summed E-state index contributed by atoms with van der Waals surface area (Å²) in [4.78, 5) is 1.49. The molecule has 0 spiro atoms. The molecule has 3 rings (SSSR count). The SMILES string of the molecule is CSc1ccc(C2(CCOS(=O)(=O)c3c(C(C)C)cc(C(C)C)cc3C(C)C)COCCCO2)cc1. The standard InChI is InChI=1S/C29H42O5S2/c1-20(2)23-17-26(21(3)4)28(27(18-23)22(5)6)36(30,31)34-16-13-29(19-32-14-8-15-33-29)24-9-11-25(35-7)12-10-24/h9-12,17-18,20-22H,8,13-16,19H2,1-7H3. The third-order valence-electron chi connectivity index (χ3n) is 6.84. The monoisotopic (exact) mass is 534 g/mol. The average Bonchev–Trinajstić information content (AvgIpc) is 3.09. The van der Waals surface area contributed by atoms with E-state index in [2.05, 4.69) is 26.0 Å². The molecule has 0 bridgehead atoms. The molecular weight excluding hydrogens is 492 g/mol. The molecule has 0 aromatic heterocycles. The summed E-state index contributed by atoms with van der Waals surface area (Å²) in [5, 5.41) is 0. The van der Waals surface area contributed by atoms with E-state index in [1.54, 1.807) is 11.8 Å². The van der Waals surface area contributed by atoms with Crippen LogP contribution in [-0.4, -0.2) is 41.1 Å². The molecule has 7 heteroatoms. The largest absolute Gasteiger partial charge is 0.378 e. The van der Waals surface area contributed by atoms with E-state index < -0.39 is 15.7 Å². The highest BCUT2D eigenvalue weighted by Gasteiger charge is 2.36. The Balaban J connectivity index is 1.92. The minimum atomic E-state index is -3.98. The molecule has 0 radical (unpaired) electrons. The quantitative estimate of drug-likeness (QED) is 0.237. The van der Waals surface area contributed by atoms with Crippen molar-refractivity contribution in [3.63, 3.8) is 0 Å². The van der Waals surface area contributed by atoms with Crippen LogP contribution >= 0.6 is 11.8 Å². The van der Waals surface area contributed by atoms with Crippen LogP contribution in [0.15, 0.2) is 46.2 Å². The van der Waals surface area contributed by atoms with Crippen molar-refractivity contribution in [3.8, 4) is 0 Å². The van der Waals surface area contributed by atoms with Gasteiger partial charge in [0.2, 0.25) is 0 Å². The summed E-state index contributed by atoms with van der Waals surface area (Å²) in [7, 11) is -3.98. The van der Waals surface area contributed by atoms with Crippen molar-refractivity contribution in [1.82, 2.24) is 0 Å². The first-order valence-electron chi connectivity index (χ1n) is 12.9. The highest BCUT2D eigenvalue weighted by molar-refractivity contribution is 7.98. The number of thioether (sulfide) groups is 1. The molecule has 1 fully saturated rings. The summed E-state index contributed by atoms with van der Waals surface area (Å²) in [5.41, 5.74) is 3.03. The van der Waals surface area contributed by atoms with Crippen molar-refractivity contribution in [1.29, 1.82) is 0 Å². The predicted octanol–water partition coefficient (Wildman–Crippen LogP) is 7.21. The van der Waals surface area contributed by atoms with Crippen LogP contribution in [0, 0.1) is 0 Å². The van der Waals surface area contributed by atoms with Crippen LogP contribution in [0.3, 0.4) is 0 Å². The molecule has 5 nitrogen and oxygen atoms in total. The van der Waals surface area contributed by atoms with Crippen LogP contribution in [0.1, 0.15) is 94.4 Å².